The number of nitrogens with zero attached hydrogens (tertiary/aromatic N) is 3. The van der Waals surface area contributed by atoms with Gasteiger partial charge in [-0.3, -0.25) is 9.69 Å². The largest absolute Gasteiger partial charge is 0.477 e. The number of piperazine rings is 1. The summed E-state index contributed by atoms with van der Waals surface area (Å²) in [4.78, 5) is 40.1. The van der Waals surface area contributed by atoms with Crippen LogP contribution in [0.1, 0.15) is 39.4 Å². The Kier molecular flexibility index (Phi) is 5.13. The number of cyclic esters (lactones) is 1. The minimum absolute atomic E-state index is 0.0473. The van der Waals surface area contributed by atoms with Gasteiger partial charge in [-0.25, -0.2) is 14.0 Å². The van der Waals surface area contributed by atoms with Gasteiger partial charge in [0.15, 0.2) is 6.23 Å². The molecule has 33 heavy (non-hydrogen) atoms. The third kappa shape index (κ3) is 3.45. The van der Waals surface area contributed by atoms with Crippen LogP contribution in [0.5, 0.6) is 0 Å². The van der Waals surface area contributed by atoms with E-state index in [4.69, 9.17) is 4.74 Å². The Hall–Kier alpha value is -3.72. The number of carbonyl (C=O) groups excluding carboxylic acids is 1. The highest BCUT2D eigenvalue weighted by Crippen LogP contribution is 2.34. The Morgan fingerprint density at radius 1 is 1.15 bits per heavy atom. The van der Waals surface area contributed by atoms with Crippen molar-refractivity contribution in [3.63, 3.8) is 0 Å². The quantitative estimate of drug-likeness (QED) is 0.610. The summed E-state index contributed by atoms with van der Waals surface area (Å²) in [6.45, 7) is 4.38. The number of anilines is 1. The molecule has 0 bridgehead atoms. The highest BCUT2D eigenvalue weighted by atomic mass is 19.1. The van der Waals surface area contributed by atoms with Crippen LogP contribution in [0, 0.1) is 5.82 Å². The van der Waals surface area contributed by atoms with Gasteiger partial charge in [-0.05, 0) is 25.1 Å². The van der Waals surface area contributed by atoms with Crippen molar-refractivity contribution in [3.05, 3.63) is 75.3 Å². The fourth-order valence-corrected chi connectivity index (χ4v) is 4.65. The third-order valence-corrected chi connectivity index (χ3v) is 6.37. The molecule has 2 aliphatic rings. The fourth-order valence-electron chi connectivity index (χ4n) is 4.65. The van der Waals surface area contributed by atoms with Crippen molar-refractivity contribution in [1.82, 2.24) is 9.47 Å². The number of hydrogen-bond acceptors (Lipinski definition) is 6. The van der Waals surface area contributed by atoms with Crippen LogP contribution < -0.4 is 10.3 Å². The van der Waals surface area contributed by atoms with Crippen LogP contribution in [0.15, 0.2) is 47.4 Å². The molecule has 5 rings (SSSR count). The van der Waals surface area contributed by atoms with Crippen LogP contribution >= 0.6 is 0 Å². The topological polar surface area (TPSA) is 92.1 Å². The monoisotopic (exact) mass is 451 g/mol. The number of ether oxygens (including phenoxy) is 1. The number of halogens is 1. The average Bonchev–Trinajstić information content (AvgIpc) is 3.16. The third-order valence-electron chi connectivity index (χ3n) is 6.37. The first kappa shape index (κ1) is 21.1. The van der Waals surface area contributed by atoms with Crippen LogP contribution in [0.25, 0.3) is 10.9 Å². The molecule has 1 saturated heterocycles. The number of aromatic nitrogens is 1. The number of carboxylic acid groups (broad SMARTS) is 1. The Bertz CT molecular complexity index is 1340. The normalized spacial score (nSPS) is 18.4. The molecule has 8 nitrogen and oxygen atoms in total. The number of rotatable bonds is 4. The Labute approximate surface area is 188 Å². The second-order valence-corrected chi connectivity index (χ2v) is 8.15. The zero-order valence-electron chi connectivity index (χ0n) is 18.0. The number of carboxylic acids is 1. The van der Waals surface area contributed by atoms with E-state index in [1.807, 2.05) is 24.0 Å². The van der Waals surface area contributed by atoms with Crippen molar-refractivity contribution < 1.29 is 23.8 Å². The number of aryl methyl sites for hydroxylation is 1. The van der Waals surface area contributed by atoms with Crippen LogP contribution in [-0.2, 0) is 11.3 Å². The maximum absolute atomic E-state index is 15.1. The molecule has 2 aromatic carbocycles. The summed E-state index contributed by atoms with van der Waals surface area (Å²) >= 11 is 0. The van der Waals surface area contributed by atoms with Crippen LogP contribution in [-0.4, -0.2) is 52.7 Å². The number of fused-ring (bicyclic) bond motifs is 2. The SMILES string of the molecule is CCn1cc(C(=O)O)c(=O)c2cc(F)c(N3CCN(C4OC(=O)c5ccccc54)CC3)cc21. The lowest BCUT2D eigenvalue weighted by molar-refractivity contribution is -0.0251. The van der Waals surface area contributed by atoms with E-state index in [2.05, 4.69) is 4.90 Å². The van der Waals surface area contributed by atoms with Crippen LogP contribution in [0.3, 0.4) is 0 Å². The van der Waals surface area contributed by atoms with Gasteiger partial charge in [0.05, 0.1) is 16.8 Å². The number of aromatic carboxylic acids is 1. The van der Waals surface area contributed by atoms with E-state index >= 15 is 4.39 Å². The average molecular weight is 451 g/mol. The minimum atomic E-state index is -1.33. The molecule has 0 radical (unpaired) electrons. The van der Waals surface area contributed by atoms with Gasteiger partial charge in [0.25, 0.3) is 0 Å². The van der Waals surface area contributed by atoms with Gasteiger partial charge in [-0.1, -0.05) is 18.2 Å². The molecule has 0 aliphatic carbocycles. The van der Waals surface area contributed by atoms with Gasteiger partial charge in [0.1, 0.15) is 11.4 Å². The standard InChI is InChI=1S/C24H22FN3O5/c1-2-26-13-17(23(30)31)21(29)16-11-18(25)20(12-19(16)26)27-7-9-28(10-8-27)22-14-5-3-4-6-15(14)24(32)33-22/h3-6,11-13,22H,2,7-10H2,1H3,(H,30,31). The summed E-state index contributed by atoms with van der Waals surface area (Å²) in [6, 6.07) is 10.1. The van der Waals surface area contributed by atoms with Crippen molar-refractivity contribution in [1.29, 1.82) is 0 Å². The molecule has 1 atom stereocenters. The Balaban J connectivity index is 1.43. The van der Waals surface area contributed by atoms with E-state index in [9.17, 15) is 19.5 Å². The Morgan fingerprint density at radius 3 is 2.58 bits per heavy atom. The molecule has 9 heteroatoms. The summed E-state index contributed by atoms with van der Waals surface area (Å²) in [6.07, 6.45) is 0.857. The zero-order valence-corrected chi connectivity index (χ0v) is 18.0. The summed E-state index contributed by atoms with van der Waals surface area (Å²) in [5.41, 5.74) is 1.19. The molecular weight excluding hydrogens is 429 g/mol. The predicted octanol–water partition coefficient (Wildman–Crippen LogP) is 2.85. The predicted molar refractivity (Wildman–Crippen MR) is 119 cm³/mol. The molecule has 0 saturated carbocycles. The maximum atomic E-state index is 15.1. The lowest BCUT2D eigenvalue weighted by atomic mass is 10.1. The summed E-state index contributed by atoms with van der Waals surface area (Å²) in [7, 11) is 0. The zero-order chi connectivity index (χ0) is 23.3. The number of carbonyl (C=O) groups is 2. The number of benzene rings is 2. The molecule has 2 aliphatic heterocycles. The highest BCUT2D eigenvalue weighted by molar-refractivity contribution is 5.94. The van der Waals surface area contributed by atoms with E-state index in [0.717, 1.165) is 11.6 Å². The second-order valence-electron chi connectivity index (χ2n) is 8.15. The summed E-state index contributed by atoms with van der Waals surface area (Å²) < 4.78 is 22.3. The first-order chi connectivity index (χ1) is 15.9. The number of hydrogen-bond donors (Lipinski definition) is 1. The molecule has 0 spiro atoms. The first-order valence-corrected chi connectivity index (χ1v) is 10.8. The smallest absolute Gasteiger partial charge is 0.341 e. The van der Waals surface area contributed by atoms with Gasteiger partial charge in [0, 0.05) is 49.9 Å². The molecular formula is C24H22FN3O5. The molecule has 3 aromatic rings. The van der Waals surface area contributed by atoms with Gasteiger partial charge in [-0.2, -0.15) is 0 Å². The van der Waals surface area contributed by atoms with E-state index in [-0.39, 0.29) is 16.9 Å². The molecule has 1 unspecified atom stereocenters. The van der Waals surface area contributed by atoms with Gasteiger partial charge in [0.2, 0.25) is 5.43 Å². The molecule has 1 fully saturated rings. The van der Waals surface area contributed by atoms with Crippen LogP contribution in [0.2, 0.25) is 0 Å². The van der Waals surface area contributed by atoms with E-state index in [0.29, 0.717) is 49.5 Å². The van der Waals surface area contributed by atoms with Gasteiger partial charge < -0.3 is 19.3 Å². The second kappa shape index (κ2) is 8.00. The molecule has 1 N–H and O–H groups in total. The number of pyridine rings is 1. The number of esters is 1. The fraction of sp³-hybridized carbons (Fsp3) is 0.292. The first-order valence-electron chi connectivity index (χ1n) is 10.8. The van der Waals surface area contributed by atoms with E-state index < -0.39 is 23.4 Å². The van der Waals surface area contributed by atoms with E-state index in [1.54, 1.807) is 22.8 Å². The molecule has 1 aromatic heterocycles. The van der Waals surface area contributed by atoms with Crippen molar-refractivity contribution in [2.45, 2.75) is 19.7 Å². The van der Waals surface area contributed by atoms with Crippen LogP contribution in [0.4, 0.5) is 10.1 Å². The van der Waals surface area contributed by atoms with Crippen molar-refractivity contribution in [2.75, 3.05) is 31.1 Å². The van der Waals surface area contributed by atoms with Crippen molar-refractivity contribution in [2.24, 2.45) is 0 Å². The van der Waals surface area contributed by atoms with Gasteiger partial charge in [-0.15, -0.1) is 0 Å². The lowest BCUT2D eigenvalue weighted by Crippen LogP contribution is -2.48. The molecule has 0 amide bonds. The van der Waals surface area contributed by atoms with Crippen molar-refractivity contribution >= 4 is 28.5 Å². The Morgan fingerprint density at radius 2 is 1.88 bits per heavy atom. The molecule has 170 valence electrons. The summed E-state index contributed by atoms with van der Waals surface area (Å²) in [5.74, 6) is -2.24. The van der Waals surface area contributed by atoms with Crippen molar-refractivity contribution in [3.8, 4) is 0 Å². The van der Waals surface area contributed by atoms with Gasteiger partial charge >= 0.3 is 11.9 Å². The lowest BCUT2D eigenvalue weighted by Gasteiger charge is -2.38. The maximum Gasteiger partial charge on any atom is 0.341 e. The van der Waals surface area contributed by atoms with E-state index in [1.165, 1.54) is 6.20 Å². The highest BCUT2D eigenvalue weighted by Gasteiger charge is 2.36. The summed E-state index contributed by atoms with van der Waals surface area (Å²) in [5, 5.41) is 9.36. The molecule has 3 heterocycles. The minimum Gasteiger partial charge on any atom is -0.477 e.